The molecule has 0 spiro atoms. The number of rotatable bonds is 10. The first-order chi connectivity index (χ1) is 19.7. The van der Waals surface area contributed by atoms with E-state index in [-0.39, 0.29) is 18.0 Å². The molecule has 13 heteroatoms. The summed E-state index contributed by atoms with van der Waals surface area (Å²) in [6, 6.07) is 21.9. The Morgan fingerprint density at radius 2 is 1.80 bits per heavy atom. The number of β-lactam (4-membered cyclic amide) rings is 1. The molecule has 1 aliphatic heterocycles. The Morgan fingerprint density at radius 3 is 2.46 bits per heavy atom. The number of esters is 1. The largest absolute Gasteiger partial charge is 0.510 e. The van der Waals surface area contributed by atoms with Crippen molar-refractivity contribution in [3.05, 3.63) is 112 Å². The predicted molar refractivity (Wildman–Crippen MR) is 157 cm³/mol. The Morgan fingerprint density at radius 1 is 1.12 bits per heavy atom. The first-order valence-corrected chi connectivity index (χ1v) is 15.3. The number of carbonyl (C=O) groups is 2. The molecule has 2 N–H and O–H groups in total. The van der Waals surface area contributed by atoms with Crippen LogP contribution in [0.3, 0.4) is 0 Å². The molecule has 1 aliphatic rings. The second-order valence-electron chi connectivity index (χ2n) is 9.04. The number of aliphatic hydroxyl groups excluding tert-OH is 2. The molecule has 0 bridgehead atoms. The zero-order valence-corrected chi connectivity index (χ0v) is 23.9. The van der Waals surface area contributed by atoms with E-state index in [0.717, 1.165) is 19.5 Å². The van der Waals surface area contributed by atoms with E-state index >= 15 is 0 Å². The number of likely N-dealkylation sites (tertiary alicyclic amines) is 1. The van der Waals surface area contributed by atoms with Crippen LogP contribution in [0.15, 0.2) is 94.7 Å². The third-order valence-electron chi connectivity index (χ3n) is 6.35. The molecule has 3 atom stereocenters. The topological polar surface area (TPSA) is 143 Å². The lowest BCUT2D eigenvalue weighted by Crippen LogP contribution is -2.61. The van der Waals surface area contributed by atoms with Crippen molar-refractivity contribution in [2.45, 2.75) is 29.3 Å². The van der Waals surface area contributed by atoms with Gasteiger partial charge in [0.25, 0.3) is 5.69 Å². The summed E-state index contributed by atoms with van der Waals surface area (Å²) >= 11 is 1.48. The molecule has 1 amide bonds. The maximum atomic E-state index is 13.5. The molecular weight excluding hydrogens is 587 g/mol. The average Bonchev–Trinajstić information content (AvgIpc) is 3.39. The van der Waals surface area contributed by atoms with Gasteiger partial charge in [-0.2, -0.15) is 0 Å². The zero-order valence-electron chi connectivity index (χ0n) is 21.4. The van der Waals surface area contributed by atoms with E-state index in [4.69, 9.17) is 4.74 Å². The maximum Gasteiger partial charge on any atom is 0.358 e. The molecule has 0 aliphatic carbocycles. The molecule has 0 saturated carbocycles. The minimum atomic E-state index is -1.15. The number of nitrogens with zero attached hydrogens (tertiary/aromatic N) is 3. The maximum absolute atomic E-state index is 13.5. The van der Waals surface area contributed by atoms with Gasteiger partial charge in [-0.15, -0.1) is 11.3 Å². The third-order valence-corrected chi connectivity index (χ3v) is 10.4. The number of amides is 1. The number of hydrogen-bond donors (Lipinski definition) is 2. The van der Waals surface area contributed by atoms with Crippen molar-refractivity contribution in [1.82, 2.24) is 9.88 Å². The number of hydrogen-bond acceptors (Lipinski definition) is 11. The van der Waals surface area contributed by atoms with E-state index in [1.165, 1.54) is 64.1 Å². The Balaban J connectivity index is 1.37. The van der Waals surface area contributed by atoms with Gasteiger partial charge in [0, 0.05) is 12.1 Å². The van der Waals surface area contributed by atoms with Gasteiger partial charge in [-0.25, -0.2) is 9.78 Å². The number of aliphatic hydroxyl groups is 2. The van der Waals surface area contributed by atoms with Gasteiger partial charge in [0.05, 0.1) is 27.2 Å². The minimum Gasteiger partial charge on any atom is -0.510 e. The number of para-hydroxylation sites is 1. The van der Waals surface area contributed by atoms with Crippen molar-refractivity contribution in [1.29, 1.82) is 0 Å². The van der Waals surface area contributed by atoms with Crippen LogP contribution >= 0.6 is 32.9 Å². The molecule has 3 aromatic carbocycles. The molecule has 1 aromatic heterocycles. The van der Waals surface area contributed by atoms with Gasteiger partial charge in [0.2, 0.25) is 5.91 Å². The van der Waals surface area contributed by atoms with Crippen LogP contribution in [0.25, 0.3) is 10.2 Å². The number of carbonyl (C=O) groups excluding carboxylic acids is 2. The zero-order chi connectivity index (χ0) is 29.1. The van der Waals surface area contributed by atoms with Gasteiger partial charge >= 0.3 is 5.97 Å². The number of non-ortho nitro benzene ring substituents is 1. The first kappa shape index (κ1) is 28.6. The normalized spacial score (nSPS) is 18.0. The lowest BCUT2D eigenvalue weighted by atomic mass is 9.87. The molecule has 2 heterocycles. The number of aromatic nitrogens is 1. The third kappa shape index (κ3) is 6.07. The van der Waals surface area contributed by atoms with Gasteiger partial charge in [-0.3, -0.25) is 19.8 Å². The second-order valence-corrected chi connectivity index (χ2v) is 12.6. The Labute approximate surface area is 246 Å². The number of benzene rings is 3. The Hall–Kier alpha value is -3.91. The van der Waals surface area contributed by atoms with Gasteiger partial charge in [-0.1, -0.05) is 53.3 Å². The summed E-state index contributed by atoms with van der Waals surface area (Å²) in [6.45, 7) is 1.04. The second kappa shape index (κ2) is 12.3. The van der Waals surface area contributed by atoms with E-state index in [0.29, 0.717) is 11.1 Å². The highest BCUT2D eigenvalue weighted by molar-refractivity contribution is 8.77. The summed E-state index contributed by atoms with van der Waals surface area (Å²) in [5, 5.41) is 31.8. The van der Waals surface area contributed by atoms with Gasteiger partial charge in [0.1, 0.15) is 17.7 Å². The fraction of sp³-hybridized carbons (Fsp3) is 0.179. The smallest absolute Gasteiger partial charge is 0.358 e. The molecular formula is C28H23N3O7S3. The van der Waals surface area contributed by atoms with Crippen molar-refractivity contribution in [3.63, 3.8) is 0 Å². The highest BCUT2D eigenvalue weighted by Crippen LogP contribution is 2.51. The summed E-state index contributed by atoms with van der Waals surface area (Å²) in [6.07, 6.45) is -1.15. The van der Waals surface area contributed by atoms with E-state index in [9.17, 15) is 29.9 Å². The Kier molecular flexibility index (Phi) is 8.59. The summed E-state index contributed by atoms with van der Waals surface area (Å²) in [5.74, 6) is -2.81. The van der Waals surface area contributed by atoms with Crippen molar-refractivity contribution in [2.75, 3.05) is 0 Å². The fourth-order valence-electron chi connectivity index (χ4n) is 4.30. The molecule has 0 radical (unpaired) electrons. The number of ether oxygens (including phenoxy) is 1. The van der Waals surface area contributed by atoms with E-state index in [2.05, 4.69) is 4.98 Å². The predicted octanol–water partition coefficient (Wildman–Crippen LogP) is 6.00. The molecule has 41 heavy (non-hydrogen) atoms. The summed E-state index contributed by atoms with van der Waals surface area (Å²) in [7, 11) is 2.56. The summed E-state index contributed by atoms with van der Waals surface area (Å²) < 4.78 is 7.11. The number of nitro benzene ring substituents is 1. The fourth-order valence-corrected chi connectivity index (χ4v) is 8.33. The Bertz CT molecular complexity index is 1590. The van der Waals surface area contributed by atoms with Crippen LogP contribution in [-0.2, 0) is 20.9 Å². The standard InChI is InChI=1S/C28H23N3O7S3/c1-16(32)23(27(35)38-15-17-11-13-19(14-12-17)31(36)37)30-25(34)22(24(33)18-7-3-2-4-8-18)26(30)40-41-28-29-20-9-5-6-10-21(20)39-28/h2-14,22,24,26,32-33H,15H2,1H3/b23-16+/t22?,24?,26-/m1/s1. The van der Waals surface area contributed by atoms with E-state index < -0.39 is 40.0 Å². The van der Waals surface area contributed by atoms with E-state index in [1.54, 1.807) is 30.3 Å². The van der Waals surface area contributed by atoms with Crippen molar-refractivity contribution in [3.8, 4) is 0 Å². The lowest BCUT2D eigenvalue weighted by Gasteiger charge is -2.48. The number of allylic oxidation sites excluding steroid dienone is 1. The number of fused-ring (bicyclic) bond motifs is 1. The van der Waals surface area contributed by atoms with Crippen molar-refractivity contribution < 1.29 is 29.5 Å². The van der Waals surface area contributed by atoms with Crippen LogP contribution in [-0.4, -0.2) is 42.3 Å². The molecule has 5 rings (SSSR count). The minimum absolute atomic E-state index is 0.105. The van der Waals surface area contributed by atoms with Crippen LogP contribution in [0.1, 0.15) is 24.2 Å². The molecule has 10 nitrogen and oxygen atoms in total. The highest BCUT2D eigenvalue weighted by atomic mass is 33.1. The van der Waals surface area contributed by atoms with E-state index in [1.807, 2.05) is 24.3 Å². The monoisotopic (exact) mass is 609 g/mol. The van der Waals surface area contributed by atoms with Crippen molar-refractivity contribution in [2.24, 2.45) is 5.92 Å². The van der Waals surface area contributed by atoms with Crippen molar-refractivity contribution >= 4 is 60.7 Å². The molecule has 4 aromatic rings. The van der Waals surface area contributed by atoms with Crippen LogP contribution in [0.2, 0.25) is 0 Å². The number of thiazole rings is 1. The van der Waals surface area contributed by atoms with Crippen LogP contribution < -0.4 is 0 Å². The summed E-state index contributed by atoms with van der Waals surface area (Å²) in [5.41, 5.74) is 1.43. The molecule has 210 valence electrons. The highest BCUT2D eigenvalue weighted by Gasteiger charge is 2.55. The van der Waals surface area contributed by atoms with Gasteiger partial charge in [-0.05, 0) is 53.1 Å². The van der Waals surface area contributed by atoms with Gasteiger partial charge in [0.15, 0.2) is 10.0 Å². The number of nitro groups is 1. The average molecular weight is 610 g/mol. The molecule has 2 unspecified atom stereocenters. The lowest BCUT2D eigenvalue weighted by molar-refractivity contribution is -0.384. The molecule has 1 saturated heterocycles. The summed E-state index contributed by atoms with van der Waals surface area (Å²) in [4.78, 5) is 42.8. The first-order valence-electron chi connectivity index (χ1n) is 12.3. The van der Waals surface area contributed by atoms with Crippen LogP contribution in [0.4, 0.5) is 5.69 Å². The van der Waals surface area contributed by atoms with Crippen LogP contribution in [0.5, 0.6) is 0 Å². The van der Waals surface area contributed by atoms with Crippen LogP contribution in [0, 0.1) is 16.0 Å². The van der Waals surface area contributed by atoms with Gasteiger partial charge < -0.3 is 14.9 Å². The molecule has 1 fully saturated rings. The SMILES string of the molecule is C/C(O)=C(/C(=O)OCc1ccc([N+](=O)[O-])cc1)N1C(=O)C(C(O)c2ccccc2)[C@H]1SSc1nc2ccccc2s1. The quantitative estimate of drug-likeness (QED) is 0.0418.